The van der Waals surface area contributed by atoms with Crippen molar-refractivity contribution >= 4 is 21.6 Å². The van der Waals surface area contributed by atoms with Crippen molar-refractivity contribution in [3.05, 3.63) is 0 Å². The third kappa shape index (κ3) is 5.18. The largest absolute Gasteiger partial charge is 0.214 e. The number of nitrogens with one attached hydrogen (secondary N) is 1. The third-order valence-corrected chi connectivity index (χ3v) is 4.53. The van der Waals surface area contributed by atoms with Crippen LogP contribution in [0.2, 0.25) is 0 Å². The van der Waals surface area contributed by atoms with E-state index in [4.69, 9.17) is 11.6 Å². The molecular weight excluding hydrogens is 234 g/mol. The molecule has 0 aliphatic heterocycles. The van der Waals surface area contributed by atoms with Gasteiger partial charge in [-0.1, -0.05) is 20.8 Å². The normalized spacial score (nSPS) is 20.3. The van der Waals surface area contributed by atoms with Crippen LogP contribution in [-0.4, -0.2) is 25.6 Å². The molecule has 1 rings (SSSR count). The van der Waals surface area contributed by atoms with Gasteiger partial charge in [0.15, 0.2) is 0 Å². The maximum atomic E-state index is 11.5. The monoisotopic (exact) mass is 253 g/mol. The molecule has 1 aliphatic carbocycles. The molecular formula is C10H20ClNO2S. The molecule has 0 saturated heterocycles. The van der Waals surface area contributed by atoms with Gasteiger partial charge in [0, 0.05) is 11.9 Å². The minimum atomic E-state index is -3.07. The summed E-state index contributed by atoms with van der Waals surface area (Å²) in [5, 5.41) is -0.283. The molecule has 0 bridgehead atoms. The molecule has 15 heavy (non-hydrogen) atoms. The summed E-state index contributed by atoms with van der Waals surface area (Å²) in [7, 11) is -3.07. The van der Waals surface area contributed by atoms with Gasteiger partial charge in [0.05, 0.1) is 5.25 Å². The highest BCUT2D eigenvalue weighted by Gasteiger charge is 2.35. The van der Waals surface area contributed by atoms with Crippen LogP contribution >= 0.6 is 11.6 Å². The molecule has 1 unspecified atom stereocenters. The van der Waals surface area contributed by atoms with E-state index in [1.54, 1.807) is 0 Å². The zero-order valence-corrected chi connectivity index (χ0v) is 11.2. The Morgan fingerprint density at radius 1 is 1.40 bits per heavy atom. The molecule has 1 N–H and O–H groups in total. The van der Waals surface area contributed by atoms with E-state index < -0.39 is 10.0 Å². The van der Waals surface area contributed by atoms with E-state index in [1.165, 1.54) is 0 Å². The third-order valence-electron chi connectivity index (χ3n) is 2.30. The second kappa shape index (κ2) is 4.60. The van der Waals surface area contributed by atoms with E-state index in [1.807, 2.05) is 0 Å². The number of rotatable bonds is 5. The molecule has 3 nitrogen and oxygen atoms in total. The van der Waals surface area contributed by atoms with Crippen LogP contribution in [0.15, 0.2) is 0 Å². The Hall–Kier alpha value is 0.200. The maximum Gasteiger partial charge on any atom is 0.214 e. The van der Waals surface area contributed by atoms with Crippen LogP contribution in [0.25, 0.3) is 0 Å². The van der Waals surface area contributed by atoms with Gasteiger partial charge in [0.25, 0.3) is 0 Å². The minimum Gasteiger partial charge on any atom is -0.214 e. The Balaban J connectivity index is 2.30. The first-order valence-corrected chi connectivity index (χ1v) is 7.31. The Kier molecular flexibility index (Phi) is 4.07. The molecule has 0 heterocycles. The average molecular weight is 254 g/mol. The van der Waals surface area contributed by atoms with Crippen molar-refractivity contribution in [2.24, 2.45) is 5.41 Å². The topological polar surface area (TPSA) is 46.2 Å². The second-order valence-corrected chi connectivity index (χ2v) is 8.12. The summed E-state index contributed by atoms with van der Waals surface area (Å²) in [6, 6.07) is 0. The van der Waals surface area contributed by atoms with E-state index in [-0.39, 0.29) is 16.0 Å². The van der Waals surface area contributed by atoms with Crippen LogP contribution < -0.4 is 4.72 Å². The van der Waals surface area contributed by atoms with Gasteiger partial charge >= 0.3 is 0 Å². The summed E-state index contributed by atoms with van der Waals surface area (Å²) in [6.45, 7) is 6.63. The maximum absolute atomic E-state index is 11.5. The molecule has 0 aromatic heterocycles. The van der Waals surface area contributed by atoms with Crippen LogP contribution in [-0.2, 0) is 10.0 Å². The minimum absolute atomic E-state index is 0.126. The van der Waals surface area contributed by atoms with Gasteiger partial charge in [0.1, 0.15) is 0 Å². The van der Waals surface area contributed by atoms with Crippen molar-refractivity contribution < 1.29 is 8.42 Å². The Labute approximate surface area is 97.6 Å². The van der Waals surface area contributed by atoms with Crippen molar-refractivity contribution in [1.29, 1.82) is 0 Å². The van der Waals surface area contributed by atoms with E-state index in [0.29, 0.717) is 6.54 Å². The Morgan fingerprint density at radius 2 is 1.93 bits per heavy atom. The van der Waals surface area contributed by atoms with Crippen LogP contribution in [0.4, 0.5) is 0 Å². The summed E-state index contributed by atoms with van der Waals surface area (Å²) in [5.74, 6) is 0. The van der Waals surface area contributed by atoms with Crippen molar-refractivity contribution in [1.82, 2.24) is 4.72 Å². The fraction of sp³-hybridized carbons (Fsp3) is 1.00. The molecule has 1 fully saturated rings. The second-order valence-electron chi connectivity index (χ2n) is 5.45. The van der Waals surface area contributed by atoms with Crippen LogP contribution in [0, 0.1) is 5.41 Å². The van der Waals surface area contributed by atoms with Crippen molar-refractivity contribution in [3.8, 4) is 0 Å². The fourth-order valence-electron chi connectivity index (χ4n) is 1.44. The zero-order chi connectivity index (χ0) is 11.7. The van der Waals surface area contributed by atoms with Gasteiger partial charge in [-0.25, -0.2) is 13.1 Å². The van der Waals surface area contributed by atoms with Crippen LogP contribution in [0.1, 0.15) is 40.0 Å². The molecule has 0 aromatic carbocycles. The summed E-state index contributed by atoms with van der Waals surface area (Å²) in [4.78, 5) is 0. The fourth-order valence-corrected chi connectivity index (χ4v) is 3.50. The quantitative estimate of drug-likeness (QED) is 0.763. The summed E-state index contributed by atoms with van der Waals surface area (Å²) < 4.78 is 25.6. The first-order valence-electron chi connectivity index (χ1n) is 5.33. The number of sulfonamides is 1. The van der Waals surface area contributed by atoms with Gasteiger partial charge in [0.2, 0.25) is 10.0 Å². The van der Waals surface area contributed by atoms with Gasteiger partial charge in [-0.05, 0) is 24.7 Å². The van der Waals surface area contributed by atoms with Crippen LogP contribution in [0.3, 0.4) is 0 Å². The summed E-state index contributed by atoms with van der Waals surface area (Å²) >= 11 is 6.07. The Bertz CT molecular complexity index is 304. The predicted molar refractivity (Wildman–Crippen MR) is 63.7 cm³/mol. The molecule has 0 aromatic rings. The van der Waals surface area contributed by atoms with E-state index >= 15 is 0 Å². The first-order chi connectivity index (χ1) is 6.71. The van der Waals surface area contributed by atoms with Gasteiger partial charge in [-0.3, -0.25) is 0 Å². The van der Waals surface area contributed by atoms with E-state index in [2.05, 4.69) is 25.5 Å². The van der Waals surface area contributed by atoms with Crippen molar-refractivity contribution in [2.45, 2.75) is 50.7 Å². The summed E-state index contributed by atoms with van der Waals surface area (Å²) in [5.41, 5.74) is 0.136. The highest BCUT2D eigenvalue weighted by Crippen LogP contribution is 2.28. The lowest BCUT2D eigenvalue weighted by Gasteiger charge is -2.21. The predicted octanol–water partition coefficient (Wildman–Crippen LogP) is 2.11. The van der Waals surface area contributed by atoms with E-state index in [9.17, 15) is 8.42 Å². The highest BCUT2D eigenvalue weighted by atomic mass is 35.5. The van der Waals surface area contributed by atoms with Gasteiger partial charge in [-0.2, -0.15) is 0 Å². The molecule has 0 radical (unpaired) electrons. The molecule has 1 atom stereocenters. The number of hydrogen-bond acceptors (Lipinski definition) is 2. The zero-order valence-electron chi connectivity index (χ0n) is 9.59. The van der Waals surface area contributed by atoms with Crippen molar-refractivity contribution in [2.75, 3.05) is 6.54 Å². The van der Waals surface area contributed by atoms with E-state index in [0.717, 1.165) is 19.3 Å². The molecule has 1 aliphatic rings. The molecule has 5 heteroatoms. The van der Waals surface area contributed by atoms with Gasteiger partial charge in [-0.15, -0.1) is 11.6 Å². The highest BCUT2D eigenvalue weighted by molar-refractivity contribution is 7.90. The van der Waals surface area contributed by atoms with Crippen LogP contribution in [0.5, 0.6) is 0 Å². The van der Waals surface area contributed by atoms with Crippen molar-refractivity contribution in [3.63, 3.8) is 0 Å². The average Bonchev–Trinajstić information content (AvgIpc) is 2.79. The molecule has 90 valence electrons. The lowest BCUT2D eigenvalue weighted by atomic mass is 9.90. The Morgan fingerprint density at radius 3 is 2.33 bits per heavy atom. The summed E-state index contributed by atoms with van der Waals surface area (Å²) in [6.07, 6.45) is 2.39. The smallest absolute Gasteiger partial charge is 0.214 e. The number of hydrogen-bond donors (Lipinski definition) is 1. The lowest BCUT2D eigenvalue weighted by molar-refractivity contribution is 0.369. The molecule has 0 amide bonds. The first kappa shape index (κ1) is 13.3. The molecule has 1 saturated carbocycles. The van der Waals surface area contributed by atoms with Gasteiger partial charge < -0.3 is 0 Å². The standard InChI is InChI=1S/C10H20ClNO2S/c1-10(2,3)6-8(11)7-12-15(13,14)9-4-5-9/h8-9,12H,4-7H2,1-3H3. The SMILES string of the molecule is CC(C)(C)CC(Cl)CNS(=O)(=O)C1CC1. The molecule has 0 spiro atoms. The number of alkyl halides is 1. The number of halogens is 1. The lowest BCUT2D eigenvalue weighted by Crippen LogP contribution is -2.33.